The van der Waals surface area contributed by atoms with Gasteiger partial charge in [-0.1, -0.05) is 18.2 Å². The van der Waals surface area contributed by atoms with Crippen molar-refractivity contribution in [3.05, 3.63) is 66.8 Å². The number of aliphatic imine (C=N–C) groups is 1. The quantitative estimate of drug-likeness (QED) is 0.289. The van der Waals surface area contributed by atoms with Crippen LogP contribution in [0.15, 0.2) is 75.3 Å². The van der Waals surface area contributed by atoms with Gasteiger partial charge in [0.15, 0.2) is 0 Å². The van der Waals surface area contributed by atoms with Gasteiger partial charge in [0.05, 0.1) is 25.2 Å². The number of amidine groups is 1. The molecule has 1 saturated heterocycles. The lowest BCUT2D eigenvalue weighted by Gasteiger charge is -2.10. The smallest absolute Gasteiger partial charge is 0.328 e. The largest absolute Gasteiger partial charge is 0.478 e. The number of thioether (sulfide) groups is 1. The second-order valence-corrected chi connectivity index (χ2v) is 8.54. The third-order valence-electron chi connectivity index (χ3n) is 5.00. The van der Waals surface area contributed by atoms with Crippen LogP contribution in [0.3, 0.4) is 0 Å². The number of likely N-dealkylation sites (tertiary alicyclic amines) is 1. The number of hydrogen-bond acceptors (Lipinski definition) is 5. The summed E-state index contributed by atoms with van der Waals surface area (Å²) in [6.45, 7) is 2.79. The summed E-state index contributed by atoms with van der Waals surface area (Å²) in [6, 6.07) is 12.5. The van der Waals surface area contributed by atoms with Crippen molar-refractivity contribution < 1.29 is 24.2 Å². The molecule has 0 amide bonds. The molecule has 33 heavy (non-hydrogen) atoms. The molecule has 4 rings (SSSR count). The lowest BCUT2D eigenvalue weighted by atomic mass is 10.2. The number of benzene rings is 1. The van der Waals surface area contributed by atoms with E-state index in [1.54, 1.807) is 6.26 Å². The van der Waals surface area contributed by atoms with Crippen LogP contribution in [0.25, 0.3) is 10.9 Å². The molecule has 1 aliphatic heterocycles. The van der Waals surface area contributed by atoms with E-state index >= 15 is 0 Å². The number of rotatable bonds is 8. The molecule has 0 bridgehead atoms. The van der Waals surface area contributed by atoms with Gasteiger partial charge in [-0.05, 0) is 24.6 Å². The van der Waals surface area contributed by atoms with E-state index in [-0.39, 0.29) is 0 Å². The summed E-state index contributed by atoms with van der Waals surface area (Å²) < 4.78 is 7.78. The summed E-state index contributed by atoms with van der Waals surface area (Å²) in [5.41, 5.74) is 1.25. The molecule has 1 fully saturated rings. The van der Waals surface area contributed by atoms with Gasteiger partial charge in [-0.25, -0.2) is 9.59 Å². The van der Waals surface area contributed by atoms with Crippen molar-refractivity contribution in [3.8, 4) is 0 Å². The van der Waals surface area contributed by atoms with Crippen LogP contribution in [0.2, 0.25) is 0 Å². The van der Waals surface area contributed by atoms with Crippen LogP contribution in [0.5, 0.6) is 0 Å². The molecule has 0 radical (unpaired) electrons. The molecule has 9 heteroatoms. The Hall–Kier alpha value is -3.46. The molecule has 1 aliphatic rings. The van der Waals surface area contributed by atoms with Gasteiger partial charge < -0.3 is 24.1 Å². The van der Waals surface area contributed by atoms with Crippen LogP contribution in [0.4, 0.5) is 0 Å². The molecule has 0 saturated carbocycles. The van der Waals surface area contributed by atoms with E-state index in [0.717, 1.165) is 37.6 Å². The van der Waals surface area contributed by atoms with E-state index in [4.69, 9.17) is 19.6 Å². The molecule has 0 aliphatic carbocycles. The highest BCUT2D eigenvalue weighted by Gasteiger charge is 2.13. The van der Waals surface area contributed by atoms with Crippen molar-refractivity contribution in [3.63, 3.8) is 0 Å². The third kappa shape index (κ3) is 7.28. The fraction of sp³-hybridized carbons (Fsp3) is 0.292. The fourth-order valence-corrected chi connectivity index (χ4v) is 4.43. The molecular weight excluding hydrogens is 442 g/mol. The lowest BCUT2D eigenvalue weighted by molar-refractivity contribution is -0.134. The van der Waals surface area contributed by atoms with Gasteiger partial charge in [-0.3, -0.25) is 4.99 Å². The van der Waals surface area contributed by atoms with Crippen LogP contribution < -0.4 is 0 Å². The Morgan fingerprint density at radius 2 is 1.91 bits per heavy atom. The van der Waals surface area contributed by atoms with Crippen LogP contribution >= 0.6 is 11.8 Å². The number of nitrogens with zero attached hydrogens (tertiary/aromatic N) is 3. The summed E-state index contributed by atoms with van der Waals surface area (Å²) in [5, 5.41) is 16.9. The summed E-state index contributed by atoms with van der Waals surface area (Å²) in [6.07, 6.45) is 7.46. The first kappa shape index (κ1) is 24.2. The Morgan fingerprint density at radius 1 is 1.15 bits per heavy atom. The van der Waals surface area contributed by atoms with Gasteiger partial charge in [-0.2, -0.15) is 0 Å². The van der Waals surface area contributed by atoms with E-state index in [1.807, 2.05) is 23.9 Å². The second-order valence-electron chi connectivity index (χ2n) is 7.40. The molecule has 0 unspecified atom stereocenters. The zero-order valence-electron chi connectivity index (χ0n) is 18.4. The number of hydrogen-bond donors (Lipinski definition) is 2. The highest BCUT2D eigenvalue weighted by molar-refractivity contribution is 7.99. The van der Waals surface area contributed by atoms with Gasteiger partial charge in [-0.15, -0.1) is 11.8 Å². The van der Waals surface area contributed by atoms with Crippen LogP contribution in [0.1, 0.15) is 18.6 Å². The molecule has 8 nitrogen and oxygen atoms in total. The van der Waals surface area contributed by atoms with Crippen molar-refractivity contribution in [2.75, 3.05) is 25.9 Å². The van der Waals surface area contributed by atoms with Crippen LogP contribution in [-0.4, -0.2) is 63.3 Å². The molecule has 3 heterocycles. The maximum Gasteiger partial charge on any atom is 0.328 e. The molecule has 0 atom stereocenters. The summed E-state index contributed by atoms with van der Waals surface area (Å²) in [4.78, 5) is 27.5. The minimum atomic E-state index is -1.26. The Kier molecular flexibility index (Phi) is 8.77. The predicted molar refractivity (Wildman–Crippen MR) is 129 cm³/mol. The second kappa shape index (κ2) is 12.0. The topological polar surface area (TPSA) is 108 Å². The first-order valence-electron chi connectivity index (χ1n) is 10.6. The monoisotopic (exact) mass is 469 g/mol. The van der Waals surface area contributed by atoms with Crippen LogP contribution in [-0.2, 0) is 16.1 Å². The van der Waals surface area contributed by atoms with Crippen molar-refractivity contribution in [2.45, 2.75) is 24.3 Å². The molecule has 3 aromatic rings. The number of carbonyl (C=O) groups is 2. The highest BCUT2D eigenvalue weighted by Crippen LogP contribution is 2.30. The fourth-order valence-electron chi connectivity index (χ4n) is 3.50. The molecule has 2 N–H and O–H groups in total. The number of furan rings is 1. The zero-order chi connectivity index (χ0) is 23.6. The standard InChI is InChI=1S/C20H23N3OS.C4H4O4/c1-22-11-4-9-20(22)21-10-13-25-19-15-23(14-16-6-5-12-24-16)18-8-3-2-7-17(18)19;5-3(6)1-2-4(7)8/h2-3,5-8,12,15H,4,9-11,13-14H2,1H3;1-2H,(H,5,6)(H,7,8)/b;2-1+. The number of para-hydroxylation sites is 1. The number of aromatic nitrogens is 1. The number of carboxylic acid groups (broad SMARTS) is 2. The summed E-state index contributed by atoms with van der Waals surface area (Å²) in [5.74, 6) is 0.736. The van der Waals surface area contributed by atoms with Crippen molar-refractivity contribution in [2.24, 2.45) is 4.99 Å². The first-order valence-corrected chi connectivity index (χ1v) is 11.5. The van der Waals surface area contributed by atoms with Gasteiger partial charge in [0, 0.05) is 59.9 Å². The van der Waals surface area contributed by atoms with Gasteiger partial charge in [0.2, 0.25) is 0 Å². The van der Waals surface area contributed by atoms with E-state index in [1.165, 1.54) is 28.1 Å². The SMILES string of the molecule is CN1CCCC1=NCCSc1cn(Cc2ccco2)c2ccccc12.O=C(O)/C=C/C(=O)O. The summed E-state index contributed by atoms with van der Waals surface area (Å²) >= 11 is 1.89. The molecule has 0 spiro atoms. The Balaban J connectivity index is 0.000000331. The zero-order valence-corrected chi connectivity index (χ0v) is 19.2. The van der Waals surface area contributed by atoms with Crippen molar-refractivity contribution >= 4 is 40.4 Å². The van der Waals surface area contributed by atoms with E-state index in [2.05, 4.69) is 47.0 Å². The Bertz CT molecular complexity index is 1120. The maximum atomic E-state index is 9.55. The average Bonchev–Trinajstić information content (AvgIpc) is 3.53. The first-order chi connectivity index (χ1) is 15.9. The minimum Gasteiger partial charge on any atom is -0.478 e. The molecule has 174 valence electrons. The Morgan fingerprint density at radius 3 is 2.55 bits per heavy atom. The van der Waals surface area contributed by atoms with E-state index in [0.29, 0.717) is 12.2 Å². The number of fused-ring (bicyclic) bond motifs is 1. The molecule has 1 aromatic carbocycles. The predicted octanol–water partition coefficient (Wildman–Crippen LogP) is 4.21. The van der Waals surface area contributed by atoms with Crippen molar-refractivity contribution in [1.29, 1.82) is 0 Å². The maximum absolute atomic E-state index is 9.55. The summed E-state index contributed by atoms with van der Waals surface area (Å²) in [7, 11) is 2.14. The highest BCUT2D eigenvalue weighted by atomic mass is 32.2. The lowest BCUT2D eigenvalue weighted by Crippen LogP contribution is -2.19. The Labute approximate surface area is 196 Å². The average molecular weight is 470 g/mol. The van der Waals surface area contributed by atoms with E-state index in [9.17, 15) is 9.59 Å². The van der Waals surface area contributed by atoms with Gasteiger partial charge >= 0.3 is 11.9 Å². The third-order valence-corrected chi connectivity index (χ3v) is 6.03. The van der Waals surface area contributed by atoms with E-state index < -0.39 is 11.9 Å². The number of aliphatic carboxylic acids is 2. The van der Waals surface area contributed by atoms with Crippen molar-refractivity contribution in [1.82, 2.24) is 9.47 Å². The molecular formula is C24H27N3O5S. The van der Waals surface area contributed by atoms with Gasteiger partial charge in [0.1, 0.15) is 5.76 Å². The minimum absolute atomic E-state index is 0.558. The number of carboxylic acids is 2. The van der Waals surface area contributed by atoms with Gasteiger partial charge in [0.25, 0.3) is 0 Å². The van der Waals surface area contributed by atoms with Crippen LogP contribution in [0, 0.1) is 0 Å². The molecule has 2 aromatic heterocycles. The normalized spacial score (nSPS) is 14.7.